The van der Waals surface area contributed by atoms with Crippen molar-refractivity contribution in [3.63, 3.8) is 0 Å². The summed E-state index contributed by atoms with van der Waals surface area (Å²) in [6.45, 7) is 5.26. The second-order valence-corrected chi connectivity index (χ2v) is 5.69. The summed E-state index contributed by atoms with van der Waals surface area (Å²) in [5.74, 6) is -0.445. The fourth-order valence-corrected chi connectivity index (χ4v) is 3.06. The largest absolute Gasteiger partial charge is 0.389 e. The molecule has 7 heteroatoms. The minimum atomic E-state index is -0.800. The van der Waals surface area contributed by atoms with Crippen LogP contribution in [0.5, 0.6) is 0 Å². The van der Waals surface area contributed by atoms with Crippen molar-refractivity contribution in [2.45, 2.75) is 43.0 Å². The molecule has 0 saturated carbocycles. The lowest BCUT2D eigenvalue weighted by Gasteiger charge is -2.13. The van der Waals surface area contributed by atoms with Gasteiger partial charge < -0.3 is 5.11 Å². The van der Waals surface area contributed by atoms with Crippen LogP contribution < -0.4 is 5.69 Å². The van der Waals surface area contributed by atoms with Crippen LogP contribution in [0.2, 0.25) is 0 Å². The normalized spacial score (nSPS) is 12.9. The van der Waals surface area contributed by atoms with Gasteiger partial charge in [-0.3, -0.25) is 4.57 Å². The van der Waals surface area contributed by atoms with Crippen molar-refractivity contribution in [2.75, 3.05) is 0 Å². The summed E-state index contributed by atoms with van der Waals surface area (Å²) >= 11 is 1.03. The van der Waals surface area contributed by atoms with Crippen LogP contribution in [-0.2, 0) is 0 Å². The number of nitrogens with one attached hydrogen (secondary N) is 1. The number of hydrogen-bond donors (Lipinski definition) is 2. The highest BCUT2D eigenvalue weighted by atomic mass is 32.2. The number of rotatable bonds is 4. The maximum absolute atomic E-state index is 14.0. The van der Waals surface area contributed by atoms with Crippen LogP contribution in [0.4, 0.5) is 4.39 Å². The third kappa shape index (κ3) is 2.78. The van der Waals surface area contributed by atoms with E-state index in [9.17, 15) is 14.3 Å². The highest BCUT2D eigenvalue weighted by Gasteiger charge is 2.18. The molecule has 2 aromatic rings. The van der Waals surface area contributed by atoms with Crippen LogP contribution in [0, 0.1) is 5.82 Å². The number of halogens is 1. The Kier molecular flexibility index (Phi) is 4.29. The Morgan fingerprint density at radius 2 is 2.10 bits per heavy atom. The molecule has 1 aromatic carbocycles. The van der Waals surface area contributed by atoms with E-state index in [2.05, 4.69) is 10.2 Å². The molecule has 20 heavy (non-hydrogen) atoms. The third-order valence-corrected chi connectivity index (χ3v) is 3.93. The Balaban J connectivity index is 2.48. The fourth-order valence-electron chi connectivity index (χ4n) is 1.87. The standard InChI is InChI=1S/C13H16FN3O2S/c1-7(2)17-12(19)15-16-13(17)20-11-9(8(3)18)5-4-6-10(11)14/h4-8,18H,1-3H3,(H,15,19). The van der Waals surface area contributed by atoms with Crippen molar-refractivity contribution < 1.29 is 9.50 Å². The first kappa shape index (κ1) is 14.8. The van der Waals surface area contributed by atoms with Crippen LogP contribution in [0.1, 0.15) is 38.5 Å². The minimum Gasteiger partial charge on any atom is -0.389 e. The molecule has 0 fully saturated rings. The lowest BCUT2D eigenvalue weighted by atomic mass is 10.1. The van der Waals surface area contributed by atoms with E-state index in [1.807, 2.05) is 13.8 Å². The average Bonchev–Trinajstić information content (AvgIpc) is 2.72. The third-order valence-electron chi connectivity index (χ3n) is 2.83. The van der Waals surface area contributed by atoms with Gasteiger partial charge in [0.05, 0.1) is 11.0 Å². The molecule has 0 aliphatic rings. The van der Waals surface area contributed by atoms with Crippen molar-refractivity contribution in [1.82, 2.24) is 14.8 Å². The molecule has 2 rings (SSSR count). The molecule has 0 radical (unpaired) electrons. The van der Waals surface area contributed by atoms with Crippen molar-refractivity contribution in [3.8, 4) is 0 Å². The van der Waals surface area contributed by atoms with Gasteiger partial charge in [-0.15, -0.1) is 5.10 Å². The van der Waals surface area contributed by atoms with Crippen LogP contribution in [-0.4, -0.2) is 19.9 Å². The first-order valence-electron chi connectivity index (χ1n) is 6.23. The molecule has 5 nitrogen and oxygen atoms in total. The number of aliphatic hydroxyl groups excluding tert-OH is 1. The summed E-state index contributed by atoms with van der Waals surface area (Å²) in [6.07, 6.45) is -0.800. The lowest BCUT2D eigenvalue weighted by molar-refractivity contribution is 0.195. The van der Waals surface area contributed by atoms with E-state index in [0.717, 1.165) is 11.8 Å². The Labute approximate surface area is 119 Å². The van der Waals surface area contributed by atoms with Crippen molar-refractivity contribution in [1.29, 1.82) is 0 Å². The Bertz CT molecular complexity index is 664. The first-order chi connectivity index (χ1) is 9.41. The van der Waals surface area contributed by atoms with Gasteiger partial charge in [-0.1, -0.05) is 12.1 Å². The quantitative estimate of drug-likeness (QED) is 0.909. The summed E-state index contributed by atoms with van der Waals surface area (Å²) < 4.78 is 15.4. The van der Waals surface area contributed by atoms with E-state index in [0.29, 0.717) is 10.7 Å². The summed E-state index contributed by atoms with van der Waals surface area (Å²) in [7, 11) is 0. The molecule has 1 heterocycles. The smallest absolute Gasteiger partial charge is 0.344 e. The van der Waals surface area contributed by atoms with Crippen LogP contribution in [0.25, 0.3) is 0 Å². The van der Waals surface area contributed by atoms with Crippen molar-refractivity contribution in [3.05, 3.63) is 40.1 Å². The highest BCUT2D eigenvalue weighted by Crippen LogP contribution is 2.34. The minimum absolute atomic E-state index is 0.0921. The molecule has 1 aromatic heterocycles. The van der Waals surface area contributed by atoms with Gasteiger partial charge in [0.25, 0.3) is 0 Å². The zero-order valence-corrected chi connectivity index (χ0v) is 12.2. The van der Waals surface area contributed by atoms with Gasteiger partial charge in [-0.25, -0.2) is 14.3 Å². The fraction of sp³-hybridized carbons (Fsp3) is 0.385. The molecule has 1 atom stereocenters. The number of hydrogen-bond acceptors (Lipinski definition) is 4. The predicted molar refractivity (Wildman–Crippen MR) is 74.4 cm³/mol. The molecule has 0 amide bonds. The number of aliphatic hydroxyl groups is 1. The van der Waals surface area contributed by atoms with Gasteiger partial charge in [-0.05, 0) is 44.2 Å². The van der Waals surface area contributed by atoms with Crippen LogP contribution in [0.15, 0.2) is 33.0 Å². The number of nitrogens with zero attached hydrogens (tertiary/aromatic N) is 2. The predicted octanol–water partition coefficient (Wildman–Crippen LogP) is 2.50. The maximum atomic E-state index is 14.0. The van der Waals surface area contributed by atoms with Crippen LogP contribution >= 0.6 is 11.8 Å². The van der Waals surface area contributed by atoms with E-state index in [4.69, 9.17) is 0 Å². The van der Waals surface area contributed by atoms with E-state index in [-0.39, 0.29) is 16.6 Å². The topological polar surface area (TPSA) is 70.9 Å². The zero-order valence-electron chi connectivity index (χ0n) is 11.4. The summed E-state index contributed by atoms with van der Waals surface area (Å²) in [6, 6.07) is 4.42. The van der Waals surface area contributed by atoms with E-state index >= 15 is 0 Å². The molecule has 0 spiro atoms. The van der Waals surface area contributed by atoms with E-state index in [1.165, 1.54) is 10.6 Å². The van der Waals surface area contributed by atoms with Crippen molar-refractivity contribution in [2.24, 2.45) is 0 Å². The van der Waals surface area contributed by atoms with Gasteiger partial charge in [0.1, 0.15) is 5.82 Å². The monoisotopic (exact) mass is 297 g/mol. The van der Waals surface area contributed by atoms with Gasteiger partial charge in [0.15, 0.2) is 5.16 Å². The highest BCUT2D eigenvalue weighted by molar-refractivity contribution is 7.99. The molecule has 0 aliphatic carbocycles. The second kappa shape index (κ2) is 5.80. The number of H-pyrrole nitrogens is 1. The SMILES string of the molecule is CC(O)c1cccc(F)c1Sc1n[nH]c(=O)n1C(C)C. The Morgan fingerprint density at radius 3 is 2.70 bits per heavy atom. The molecular weight excluding hydrogens is 281 g/mol. The molecule has 108 valence electrons. The molecule has 0 aliphatic heterocycles. The van der Waals surface area contributed by atoms with Gasteiger partial charge in [0.2, 0.25) is 0 Å². The Morgan fingerprint density at radius 1 is 1.40 bits per heavy atom. The molecule has 0 bridgehead atoms. The average molecular weight is 297 g/mol. The molecule has 1 unspecified atom stereocenters. The first-order valence-corrected chi connectivity index (χ1v) is 7.04. The second-order valence-electron chi connectivity index (χ2n) is 4.71. The van der Waals surface area contributed by atoms with Crippen LogP contribution in [0.3, 0.4) is 0 Å². The molecule has 2 N–H and O–H groups in total. The molecular formula is C13H16FN3O2S. The van der Waals surface area contributed by atoms with E-state index in [1.54, 1.807) is 19.1 Å². The summed E-state index contributed by atoms with van der Waals surface area (Å²) in [5, 5.41) is 16.4. The molecule has 0 saturated heterocycles. The Hall–Kier alpha value is -1.60. The van der Waals surface area contributed by atoms with Gasteiger partial charge in [0, 0.05) is 6.04 Å². The number of aromatic nitrogens is 3. The zero-order chi connectivity index (χ0) is 14.9. The summed E-state index contributed by atoms with van der Waals surface area (Å²) in [4.78, 5) is 11.9. The van der Waals surface area contributed by atoms with Gasteiger partial charge in [-0.2, -0.15) is 0 Å². The number of benzene rings is 1. The summed E-state index contributed by atoms with van der Waals surface area (Å²) in [5.41, 5.74) is 0.137. The number of aromatic amines is 1. The van der Waals surface area contributed by atoms with Gasteiger partial charge >= 0.3 is 5.69 Å². The lowest BCUT2D eigenvalue weighted by Crippen LogP contribution is -2.19. The van der Waals surface area contributed by atoms with E-state index < -0.39 is 11.9 Å². The maximum Gasteiger partial charge on any atom is 0.344 e. The van der Waals surface area contributed by atoms with Crippen molar-refractivity contribution >= 4 is 11.8 Å².